The van der Waals surface area contributed by atoms with Crippen molar-refractivity contribution >= 4 is 11.3 Å². The van der Waals surface area contributed by atoms with Gasteiger partial charge in [0.1, 0.15) is 18.0 Å². The molecule has 0 bridgehead atoms. The quantitative estimate of drug-likeness (QED) is 0.700. The molecular formula is C21H23N3OS. The monoisotopic (exact) mass is 365 g/mol. The highest BCUT2D eigenvalue weighted by atomic mass is 32.1. The van der Waals surface area contributed by atoms with Crippen molar-refractivity contribution in [3.8, 4) is 11.3 Å². The summed E-state index contributed by atoms with van der Waals surface area (Å²) in [5.74, 6) is 1.04. The van der Waals surface area contributed by atoms with Crippen molar-refractivity contribution < 1.29 is 4.74 Å². The first-order valence-electron chi connectivity index (χ1n) is 9.21. The van der Waals surface area contributed by atoms with E-state index in [0.29, 0.717) is 6.61 Å². The molecule has 0 radical (unpaired) electrons. The lowest BCUT2D eigenvalue weighted by Gasteiger charge is -2.35. The number of aromatic nitrogens is 2. The van der Waals surface area contributed by atoms with Gasteiger partial charge in [-0.2, -0.15) is 0 Å². The molecule has 4 nitrogen and oxygen atoms in total. The standard InChI is InChI=1S/C21H23N3OS/c1-16-4-6-17(7-5-16)19-11-22-20-13-25-21(15-24(19)20)8-9-23(14-21)12-18-3-2-10-26-18/h2-7,10-11H,8-9,12-15H2,1H3. The van der Waals surface area contributed by atoms with E-state index in [4.69, 9.17) is 4.74 Å². The number of imidazole rings is 1. The van der Waals surface area contributed by atoms with Gasteiger partial charge in [-0.05, 0) is 30.4 Å². The molecular weight excluding hydrogens is 342 g/mol. The van der Waals surface area contributed by atoms with Crippen LogP contribution in [-0.4, -0.2) is 33.1 Å². The molecule has 0 amide bonds. The van der Waals surface area contributed by atoms with Crippen LogP contribution in [0.15, 0.2) is 48.0 Å². The number of nitrogens with zero attached hydrogens (tertiary/aromatic N) is 3. The second kappa shape index (κ2) is 6.34. The van der Waals surface area contributed by atoms with Crippen LogP contribution in [0.25, 0.3) is 11.3 Å². The van der Waals surface area contributed by atoms with E-state index in [9.17, 15) is 0 Å². The fourth-order valence-corrected chi connectivity index (χ4v) is 4.89. The Morgan fingerprint density at radius 2 is 2.08 bits per heavy atom. The Morgan fingerprint density at radius 1 is 1.19 bits per heavy atom. The van der Waals surface area contributed by atoms with Gasteiger partial charge in [0.15, 0.2) is 0 Å². The van der Waals surface area contributed by atoms with Crippen molar-refractivity contribution in [1.82, 2.24) is 14.5 Å². The van der Waals surface area contributed by atoms with Gasteiger partial charge in [0.2, 0.25) is 0 Å². The van der Waals surface area contributed by atoms with Crippen molar-refractivity contribution in [1.29, 1.82) is 0 Å². The molecule has 5 rings (SSSR count). The van der Waals surface area contributed by atoms with Crippen LogP contribution in [0.3, 0.4) is 0 Å². The second-order valence-corrected chi connectivity index (χ2v) is 8.56. The van der Waals surface area contributed by atoms with Crippen molar-refractivity contribution in [2.75, 3.05) is 13.1 Å². The molecule has 1 fully saturated rings. The van der Waals surface area contributed by atoms with E-state index >= 15 is 0 Å². The first kappa shape index (κ1) is 16.2. The fraction of sp³-hybridized carbons (Fsp3) is 0.381. The van der Waals surface area contributed by atoms with Crippen LogP contribution < -0.4 is 0 Å². The summed E-state index contributed by atoms with van der Waals surface area (Å²) >= 11 is 1.84. The second-order valence-electron chi connectivity index (χ2n) is 7.52. The maximum Gasteiger partial charge on any atom is 0.135 e. The summed E-state index contributed by atoms with van der Waals surface area (Å²) in [4.78, 5) is 8.57. The van der Waals surface area contributed by atoms with Gasteiger partial charge in [0, 0.05) is 24.5 Å². The van der Waals surface area contributed by atoms with Gasteiger partial charge in [0.25, 0.3) is 0 Å². The topological polar surface area (TPSA) is 30.3 Å². The molecule has 2 aliphatic rings. The molecule has 3 aromatic rings. The van der Waals surface area contributed by atoms with Crippen LogP contribution in [0.4, 0.5) is 0 Å². The Hall–Kier alpha value is -1.95. The number of hydrogen-bond acceptors (Lipinski definition) is 4. The number of ether oxygens (including phenoxy) is 1. The van der Waals surface area contributed by atoms with E-state index < -0.39 is 0 Å². The molecule has 1 atom stereocenters. The normalized spacial score (nSPS) is 22.8. The third-order valence-electron chi connectivity index (χ3n) is 5.59. The number of rotatable bonds is 3. The van der Waals surface area contributed by atoms with Gasteiger partial charge < -0.3 is 9.30 Å². The van der Waals surface area contributed by atoms with Crippen LogP contribution in [0.5, 0.6) is 0 Å². The van der Waals surface area contributed by atoms with Crippen LogP contribution in [0, 0.1) is 6.92 Å². The van der Waals surface area contributed by atoms with Gasteiger partial charge >= 0.3 is 0 Å². The van der Waals surface area contributed by atoms with E-state index in [-0.39, 0.29) is 5.60 Å². The number of hydrogen-bond donors (Lipinski definition) is 0. The van der Waals surface area contributed by atoms with Crippen LogP contribution in [0.2, 0.25) is 0 Å². The molecule has 1 aromatic carbocycles. The highest BCUT2D eigenvalue weighted by molar-refractivity contribution is 7.09. The average Bonchev–Trinajstić information content (AvgIpc) is 3.37. The summed E-state index contributed by atoms with van der Waals surface area (Å²) in [5.41, 5.74) is 3.65. The molecule has 5 heteroatoms. The van der Waals surface area contributed by atoms with E-state index in [0.717, 1.165) is 38.4 Å². The fourth-order valence-electron chi connectivity index (χ4n) is 4.14. The molecule has 134 valence electrons. The third-order valence-corrected chi connectivity index (χ3v) is 6.46. The highest BCUT2D eigenvalue weighted by Crippen LogP contribution is 2.35. The Morgan fingerprint density at radius 3 is 2.88 bits per heavy atom. The SMILES string of the molecule is Cc1ccc(-c2cnc3n2CC2(CCN(Cc4cccs4)C2)OC3)cc1. The zero-order valence-corrected chi connectivity index (χ0v) is 15.8. The van der Waals surface area contributed by atoms with E-state index in [1.54, 1.807) is 0 Å². The van der Waals surface area contributed by atoms with Crippen molar-refractivity contribution in [2.45, 2.75) is 38.6 Å². The molecule has 1 spiro atoms. The Kier molecular flexibility index (Phi) is 3.96. The summed E-state index contributed by atoms with van der Waals surface area (Å²) in [6, 6.07) is 13.1. The van der Waals surface area contributed by atoms with Gasteiger partial charge in [-0.25, -0.2) is 4.98 Å². The van der Waals surface area contributed by atoms with E-state index in [2.05, 4.69) is 63.2 Å². The lowest BCUT2D eigenvalue weighted by Crippen LogP contribution is -2.44. The first-order valence-corrected chi connectivity index (χ1v) is 10.1. The van der Waals surface area contributed by atoms with Gasteiger partial charge in [-0.3, -0.25) is 4.90 Å². The Balaban J connectivity index is 1.38. The Bertz CT molecular complexity index is 900. The predicted molar refractivity (Wildman–Crippen MR) is 104 cm³/mol. The zero-order chi connectivity index (χ0) is 17.6. The van der Waals surface area contributed by atoms with Crippen LogP contribution in [-0.2, 0) is 24.4 Å². The maximum atomic E-state index is 6.35. The van der Waals surface area contributed by atoms with Crippen molar-refractivity contribution in [2.24, 2.45) is 0 Å². The van der Waals surface area contributed by atoms with Crippen molar-refractivity contribution in [3.63, 3.8) is 0 Å². The largest absolute Gasteiger partial charge is 0.364 e. The number of benzene rings is 1. The first-order chi connectivity index (χ1) is 12.7. The van der Waals surface area contributed by atoms with Gasteiger partial charge in [-0.1, -0.05) is 35.9 Å². The average molecular weight is 366 g/mol. The summed E-state index contributed by atoms with van der Waals surface area (Å²) in [6.07, 6.45) is 3.09. The number of fused-ring (bicyclic) bond motifs is 1. The number of aryl methyl sites for hydroxylation is 1. The molecule has 4 heterocycles. The zero-order valence-electron chi connectivity index (χ0n) is 15.0. The minimum Gasteiger partial charge on any atom is -0.364 e. The number of thiophene rings is 1. The predicted octanol–water partition coefficient (Wildman–Crippen LogP) is 4.09. The minimum absolute atomic E-state index is 0.0790. The molecule has 2 aromatic heterocycles. The summed E-state index contributed by atoms with van der Waals surface area (Å²) < 4.78 is 8.73. The molecule has 1 unspecified atom stereocenters. The maximum absolute atomic E-state index is 6.35. The molecule has 0 saturated carbocycles. The summed E-state index contributed by atoms with van der Waals surface area (Å²) in [6.45, 7) is 6.76. The molecule has 0 N–H and O–H groups in total. The number of likely N-dealkylation sites (tertiary alicyclic amines) is 1. The molecule has 0 aliphatic carbocycles. The van der Waals surface area contributed by atoms with Crippen LogP contribution >= 0.6 is 11.3 Å². The molecule has 1 saturated heterocycles. The highest BCUT2D eigenvalue weighted by Gasteiger charge is 2.43. The molecule has 2 aliphatic heterocycles. The lowest BCUT2D eigenvalue weighted by molar-refractivity contribution is -0.0821. The van der Waals surface area contributed by atoms with E-state index in [1.807, 2.05) is 17.5 Å². The Labute approximate surface area is 158 Å². The lowest BCUT2D eigenvalue weighted by atomic mass is 10.0. The van der Waals surface area contributed by atoms with Crippen molar-refractivity contribution in [3.05, 3.63) is 64.2 Å². The van der Waals surface area contributed by atoms with Gasteiger partial charge in [-0.15, -0.1) is 11.3 Å². The van der Waals surface area contributed by atoms with Crippen LogP contribution in [0.1, 0.15) is 22.7 Å². The summed E-state index contributed by atoms with van der Waals surface area (Å²) in [7, 11) is 0. The van der Waals surface area contributed by atoms with Gasteiger partial charge in [0.05, 0.1) is 18.4 Å². The van der Waals surface area contributed by atoms with E-state index in [1.165, 1.54) is 21.7 Å². The molecule has 26 heavy (non-hydrogen) atoms. The third kappa shape index (κ3) is 2.90. The minimum atomic E-state index is -0.0790. The summed E-state index contributed by atoms with van der Waals surface area (Å²) in [5, 5.41) is 2.16. The smallest absolute Gasteiger partial charge is 0.135 e.